The number of hydrogen-bond donors (Lipinski definition) is 2. The fourth-order valence-electron chi connectivity index (χ4n) is 1.82. The SMILES string of the molecule is CCc1ccc(C(=O)NNC(=O)c2cc(F)ccc2Br)cc1. The zero-order valence-corrected chi connectivity index (χ0v) is 13.4. The van der Waals surface area contributed by atoms with Gasteiger partial charge in [0.15, 0.2) is 0 Å². The number of aryl methyl sites for hydroxylation is 1. The van der Waals surface area contributed by atoms with E-state index in [1.807, 2.05) is 19.1 Å². The molecule has 6 heteroatoms. The van der Waals surface area contributed by atoms with E-state index in [0.717, 1.165) is 18.1 Å². The number of nitrogens with one attached hydrogen (secondary N) is 2. The quantitative estimate of drug-likeness (QED) is 0.821. The lowest BCUT2D eigenvalue weighted by molar-refractivity contribution is 0.0846. The zero-order valence-electron chi connectivity index (χ0n) is 11.8. The van der Waals surface area contributed by atoms with Crippen molar-refractivity contribution in [3.63, 3.8) is 0 Å². The first-order chi connectivity index (χ1) is 10.5. The van der Waals surface area contributed by atoms with Crippen LogP contribution in [0.3, 0.4) is 0 Å². The third-order valence-electron chi connectivity index (χ3n) is 3.09. The van der Waals surface area contributed by atoms with E-state index in [1.54, 1.807) is 12.1 Å². The van der Waals surface area contributed by atoms with Crippen molar-refractivity contribution in [2.75, 3.05) is 0 Å². The van der Waals surface area contributed by atoms with Gasteiger partial charge in [0.05, 0.1) is 5.56 Å². The van der Waals surface area contributed by atoms with E-state index in [-0.39, 0.29) is 5.56 Å². The third-order valence-corrected chi connectivity index (χ3v) is 3.78. The van der Waals surface area contributed by atoms with Gasteiger partial charge in [-0.25, -0.2) is 4.39 Å². The zero-order chi connectivity index (χ0) is 16.1. The highest BCUT2D eigenvalue weighted by Crippen LogP contribution is 2.17. The summed E-state index contributed by atoms with van der Waals surface area (Å²) in [6, 6.07) is 10.8. The molecule has 0 aliphatic rings. The second-order valence-corrected chi connectivity index (χ2v) is 5.44. The molecule has 4 nitrogen and oxygen atoms in total. The fraction of sp³-hybridized carbons (Fsp3) is 0.125. The number of rotatable bonds is 3. The first-order valence-corrected chi connectivity index (χ1v) is 7.45. The van der Waals surface area contributed by atoms with E-state index >= 15 is 0 Å². The summed E-state index contributed by atoms with van der Waals surface area (Å²) in [6.45, 7) is 2.02. The third kappa shape index (κ3) is 3.92. The Morgan fingerprint density at radius 2 is 1.68 bits per heavy atom. The number of carbonyl (C=O) groups excluding carboxylic acids is 2. The Morgan fingerprint density at radius 1 is 1.05 bits per heavy atom. The molecule has 0 spiro atoms. The average Bonchev–Trinajstić information content (AvgIpc) is 2.54. The molecule has 114 valence electrons. The van der Waals surface area contributed by atoms with Crippen LogP contribution in [0.25, 0.3) is 0 Å². The normalized spacial score (nSPS) is 10.1. The van der Waals surface area contributed by atoms with Crippen LogP contribution in [0.5, 0.6) is 0 Å². The molecule has 2 rings (SSSR count). The van der Waals surface area contributed by atoms with Crippen molar-refractivity contribution in [3.8, 4) is 0 Å². The van der Waals surface area contributed by atoms with E-state index in [1.165, 1.54) is 12.1 Å². The molecule has 0 atom stereocenters. The van der Waals surface area contributed by atoms with Crippen LogP contribution in [0.15, 0.2) is 46.9 Å². The maximum atomic E-state index is 13.2. The van der Waals surface area contributed by atoms with Crippen LogP contribution < -0.4 is 10.9 Å². The molecule has 0 fully saturated rings. The van der Waals surface area contributed by atoms with Crippen molar-refractivity contribution < 1.29 is 14.0 Å². The van der Waals surface area contributed by atoms with E-state index in [9.17, 15) is 14.0 Å². The van der Waals surface area contributed by atoms with E-state index in [4.69, 9.17) is 0 Å². The summed E-state index contributed by atoms with van der Waals surface area (Å²) in [5, 5.41) is 0. The second-order valence-electron chi connectivity index (χ2n) is 4.58. The number of hydrazine groups is 1. The molecular formula is C16H14BrFN2O2. The maximum Gasteiger partial charge on any atom is 0.270 e. The summed E-state index contributed by atoms with van der Waals surface area (Å²) in [6.07, 6.45) is 0.881. The summed E-state index contributed by atoms with van der Waals surface area (Å²) in [4.78, 5) is 23.9. The summed E-state index contributed by atoms with van der Waals surface area (Å²) in [5.41, 5.74) is 6.20. The maximum absolute atomic E-state index is 13.2. The van der Waals surface area contributed by atoms with E-state index < -0.39 is 17.6 Å². The lowest BCUT2D eigenvalue weighted by atomic mass is 10.1. The molecule has 0 heterocycles. The average molecular weight is 365 g/mol. The highest BCUT2D eigenvalue weighted by atomic mass is 79.9. The molecule has 2 amide bonds. The van der Waals surface area contributed by atoms with Crippen molar-refractivity contribution in [2.45, 2.75) is 13.3 Å². The Kier molecular flexibility index (Phi) is 5.27. The lowest BCUT2D eigenvalue weighted by Gasteiger charge is -2.09. The molecule has 0 aromatic heterocycles. The van der Waals surface area contributed by atoms with Crippen LogP contribution in [-0.4, -0.2) is 11.8 Å². The van der Waals surface area contributed by atoms with Crippen molar-refractivity contribution in [2.24, 2.45) is 0 Å². The van der Waals surface area contributed by atoms with Gasteiger partial charge >= 0.3 is 0 Å². The number of carbonyl (C=O) groups is 2. The lowest BCUT2D eigenvalue weighted by Crippen LogP contribution is -2.41. The molecule has 2 N–H and O–H groups in total. The van der Waals surface area contributed by atoms with Gasteiger partial charge in [-0.3, -0.25) is 20.4 Å². The predicted octanol–water partition coefficient (Wildman–Crippen LogP) is 3.23. The van der Waals surface area contributed by atoms with Crippen LogP contribution in [0.4, 0.5) is 4.39 Å². The Hall–Kier alpha value is -2.21. The molecular weight excluding hydrogens is 351 g/mol. The van der Waals surface area contributed by atoms with E-state index in [0.29, 0.717) is 10.0 Å². The molecule has 2 aromatic rings. The summed E-state index contributed by atoms with van der Waals surface area (Å²) >= 11 is 3.16. The van der Waals surface area contributed by atoms with Crippen LogP contribution >= 0.6 is 15.9 Å². The van der Waals surface area contributed by atoms with Gasteiger partial charge in [0, 0.05) is 10.0 Å². The standard InChI is InChI=1S/C16H14BrFN2O2/c1-2-10-3-5-11(6-4-10)15(21)19-20-16(22)13-9-12(18)7-8-14(13)17/h3-9H,2H2,1H3,(H,19,21)(H,20,22). The van der Waals surface area contributed by atoms with Crippen LogP contribution in [0.2, 0.25) is 0 Å². The molecule has 0 aliphatic heterocycles. The second kappa shape index (κ2) is 7.17. The molecule has 2 aromatic carbocycles. The highest BCUT2D eigenvalue weighted by Gasteiger charge is 2.12. The Labute approximate surface area is 135 Å². The van der Waals surface area contributed by atoms with Crippen molar-refractivity contribution in [1.29, 1.82) is 0 Å². The number of hydrogen-bond acceptors (Lipinski definition) is 2. The molecule has 0 saturated heterocycles. The Bertz CT molecular complexity index is 702. The smallest absolute Gasteiger partial charge is 0.267 e. The number of amides is 2. The minimum absolute atomic E-state index is 0.0987. The first-order valence-electron chi connectivity index (χ1n) is 6.66. The summed E-state index contributed by atoms with van der Waals surface area (Å²) in [7, 11) is 0. The monoisotopic (exact) mass is 364 g/mol. The predicted molar refractivity (Wildman–Crippen MR) is 84.9 cm³/mol. The molecule has 0 unspecified atom stereocenters. The Morgan fingerprint density at radius 3 is 2.32 bits per heavy atom. The van der Waals surface area contributed by atoms with E-state index in [2.05, 4.69) is 26.8 Å². The summed E-state index contributed by atoms with van der Waals surface area (Å²) < 4.78 is 13.6. The topological polar surface area (TPSA) is 58.2 Å². The minimum Gasteiger partial charge on any atom is -0.267 e. The fourth-order valence-corrected chi connectivity index (χ4v) is 2.24. The van der Waals surface area contributed by atoms with Gasteiger partial charge in [-0.2, -0.15) is 0 Å². The van der Waals surface area contributed by atoms with Gasteiger partial charge in [0.1, 0.15) is 5.82 Å². The summed E-state index contributed by atoms with van der Waals surface area (Å²) in [5.74, 6) is -1.58. The first kappa shape index (κ1) is 16.2. The molecule has 22 heavy (non-hydrogen) atoms. The number of halogens is 2. The molecule has 0 radical (unpaired) electrons. The van der Waals surface area contributed by atoms with Gasteiger partial charge in [0.25, 0.3) is 11.8 Å². The minimum atomic E-state index is -0.607. The van der Waals surface area contributed by atoms with Crippen LogP contribution in [0.1, 0.15) is 33.2 Å². The molecule has 0 aliphatic carbocycles. The van der Waals surface area contributed by atoms with Crippen LogP contribution in [-0.2, 0) is 6.42 Å². The highest BCUT2D eigenvalue weighted by molar-refractivity contribution is 9.10. The molecule has 0 bridgehead atoms. The van der Waals surface area contributed by atoms with Gasteiger partial charge < -0.3 is 0 Å². The van der Waals surface area contributed by atoms with Gasteiger partial charge in [-0.05, 0) is 58.2 Å². The van der Waals surface area contributed by atoms with Crippen molar-refractivity contribution >= 4 is 27.7 Å². The van der Waals surface area contributed by atoms with Crippen molar-refractivity contribution in [1.82, 2.24) is 10.9 Å². The number of benzene rings is 2. The van der Waals surface area contributed by atoms with Gasteiger partial charge in [0.2, 0.25) is 0 Å². The van der Waals surface area contributed by atoms with Gasteiger partial charge in [-0.15, -0.1) is 0 Å². The largest absolute Gasteiger partial charge is 0.270 e. The van der Waals surface area contributed by atoms with Crippen molar-refractivity contribution in [3.05, 3.63) is 69.4 Å². The van der Waals surface area contributed by atoms with Gasteiger partial charge in [-0.1, -0.05) is 19.1 Å². The molecule has 0 saturated carbocycles. The Balaban J connectivity index is 2.00. The van der Waals surface area contributed by atoms with Crippen LogP contribution in [0, 0.1) is 5.82 Å².